The maximum atomic E-state index is 13.0. The normalized spacial score (nSPS) is 17.1. The van der Waals surface area contributed by atoms with Crippen molar-refractivity contribution in [2.24, 2.45) is 0 Å². The van der Waals surface area contributed by atoms with Crippen LogP contribution in [0, 0.1) is 0 Å². The molecule has 3 rings (SSSR count). The molecule has 1 aliphatic heterocycles. The second-order valence-corrected chi connectivity index (χ2v) is 10.8. The van der Waals surface area contributed by atoms with Crippen LogP contribution in [0.15, 0.2) is 24.3 Å². The average Bonchev–Trinajstić information content (AvgIpc) is 2.89. The van der Waals surface area contributed by atoms with Crippen LogP contribution in [0.4, 0.5) is 0 Å². The van der Waals surface area contributed by atoms with Gasteiger partial charge in [0, 0.05) is 17.5 Å². The van der Waals surface area contributed by atoms with Gasteiger partial charge in [0.25, 0.3) is 0 Å². The molecule has 1 heterocycles. The molecule has 8 heteroatoms. The minimum Gasteiger partial charge on any atom is -0.507 e. The average molecular weight is 555 g/mol. The molecular formula is C32H42O8. The lowest BCUT2D eigenvalue weighted by Gasteiger charge is -2.37. The highest BCUT2D eigenvalue weighted by molar-refractivity contribution is 6.01. The lowest BCUT2D eigenvalue weighted by Crippen LogP contribution is -2.40. The van der Waals surface area contributed by atoms with Crippen LogP contribution in [0.3, 0.4) is 0 Å². The van der Waals surface area contributed by atoms with E-state index in [0.717, 1.165) is 18.4 Å². The lowest BCUT2D eigenvalue weighted by atomic mass is 9.85. The van der Waals surface area contributed by atoms with Crippen molar-refractivity contribution < 1.29 is 38.8 Å². The maximum absolute atomic E-state index is 13.0. The Balaban J connectivity index is 1.69. The predicted octanol–water partition coefficient (Wildman–Crippen LogP) is 5.80. The molecule has 0 radical (unpaired) electrons. The van der Waals surface area contributed by atoms with Crippen molar-refractivity contribution in [3.05, 3.63) is 46.5 Å². The van der Waals surface area contributed by atoms with Gasteiger partial charge in [0.05, 0.1) is 30.8 Å². The summed E-state index contributed by atoms with van der Waals surface area (Å²) < 4.78 is 18.5. The highest BCUT2D eigenvalue weighted by atomic mass is 16.5. The van der Waals surface area contributed by atoms with Crippen LogP contribution in [-0.4, -0.2) is 52.5 Å². The summed E-state index contributed by atoms with van der Waals surface area (Å²) in [5.74, 6) is 1.20. The highest BCUT2D eigenvalue weighted by Gasteiger charge is 2.38. The fourth-order valence-corrected chi connectivity index (χ4v) is 5.02. The summed E-state index contributed by atoms with van der Waals surface area (Å²) in [4.78, 5) is 36.3. The van der Waals surface area contributed by atoms with Crippen molar-refractivity contribution in [3.8, 4) is 23.0 Å². The number of ether oxygens (including phenoxy) is 3. The number of carbonyl (C=O) groups excluding carboxylic acids is 3. The number of ketones is 3. The highest BCUT2D eigenvalue weighted by Crippen LogP contribution is 2.42. The number of phenols is 1. The van der Waals surface area contributed by atoms with E-state index in [0.29, 0.717) is 72.8 Å². The van der Waals surface area contributed by atoms with Crippen molar-refractivity contribution in [2.45, 2.75) is 97.7 Å². The first-order chi connectivity index (χ1) is 19.0. The number of aliphatic hydroxyl groups excluding tert-OH is 1. The molecule has 2 aromatic rings. The van der Waals surface area contributed by atoms with Crippen LogP contribution in [-0.2, 0) is 17.6 Å². The molecule has 0 amide bonds. The van der Waals surface area contributed by atoms with E-state index in [9.17, 15) is 24.6 Å². The molecule has 2 atom stereocenters. The van der Waals surface area contributed by atoms with Gasteiger partial charge in [-0.2, -0.15) is 0 Å². The number of phenolic OH excluding ortho intramolecular Hbond substituents is 1. The summed E-state index contributed by atoms with van der Waals surface area (Å²) in [6.45, 7) is 9.39. The Morgan fingerprint density at radius 2 is 1.60 bits per heavy atom. The number of Topliss-reactive ketones (excluding diaryl/α,β-unsaturated/α-hetero) is 3. The Morgan fingerprint density at radius 3 is 2.20 bits per heavy atom. The molecule has 1 aliphatic rings. The van der Waals surface area contributed by atoms with E-state index in [-0.39, 0.29) is 35.9 Å². The number of rotatable bonds is 15. The number of carbonyl (C=O) groups is 3. The van der Waals surface area contributed by atoms with E-state index >= 15 is 0 Å². The third-order valence-electron chi connectivity index (χ3n) is 7.24. The largest absolute Gasteiger partial charge is 0.507 e. The summed E-state index contributed by atoms with van der Waals surface area (Å²) >= 11 is 0. The molecule has 218 valence electrons. The van der Waals surface area contributed by atoms with Crippen molar-refractivity contribution in [3.63, 3.8) is 0 Å². The molecule has 2 N–H and O–H groups in total. The zero-order valence-electron chi connectivity index (χ0n) is 24.3. The molecule has 8 nitrogen and oxygen atoms in total. The van der Waals surface area contributed by atoms with E-state index in [4.69, 9.17) is 14.2 Å². The van der Waals surface area contributed by atoms with Gasteiger partial charge in [-0.15, -0.1) is 0 Å². The quantitative estimate of drug-likeness (QED) is 0.209. The smallest absolute Gasteiger partial charge is 0.170 e. The second kappa shape index (κ2) is 13.8. The van der Waals surface area contributed by atoms with Crippen LogP contribution >= 0.6 is 0 Å². The van der Waals surface area contributed by atoms with Gasteiger partial charge in [0.2, 0.25) is 0 Å². The third-order valence-corrected chi connectivity index (χ3v) is 7.24. The maximum Gasteiger partial charge on any atom is 0.170 e. The minimum atomic E-state index is -1.07. The van der Waals surface area contributed by atoms with Crippen molar-refractivity contribution in [2.75, 3.05) is 13.2 Å². The number of benzene rings is 2. The van der Waals surface area contributed by atoms with Crippen LogP contribution in [0.5, 0.6) is 23.0 Å². The molecule has 0 saturated carbocycles. The van der Waals surface area contributed by atoms with Gasteiger partial charge in [-0.25, -0.2) is 0 Å². The zero-order valence-corrected chi connectivity index (χ0v) is 24.3. The van der Waals surface area contributed by atoms with Crippen molar-refractivity contribution >= 4 is 17.3 Å². The first-order valence-corrected chi connectivity index (χ1v) is 14.2. The van der Waals surface area contributed by atoms with Crippen LogP contribution < -0.4 is 14.2 Å². The van der Waals surface area contributed by atoms with Gasteiger partial charge in [0.1, 0.15) is 34.7 Å². The first kappa shape index (κ1) is 31.1. The number of aromatic hydroxyl groups is 1. The van der Waals surface area contributed by atoms with E-state index < -0.39 is 11.7 Å². The number of aliphatic hydroxyl groups is 1. The van der Waals surface area contributed by atoms with Crippen molar-refractivity contribution in [1.29, 1.82) is 0 Å². The fraction of sp³-hybridized carbons (Fsp3) is 0.531. The minimum absolute atomic E-state index is 0.0151. The van der Waals surface area contributed by atoms with E-state index in [1.165, 1.54) is 13.8 Å². The molecule has 0 fully saturated rings. The monoisotopic (exact) mass is 554 g/mol. The first-order valence-electron chi connectivity index (χ1n) is 14.2. The molecule has 0 bridgehead atoms. The summed E-state index contributed by atoms with van der Waals surface area (Å²) in [5.41, 5.74) is 1.47. The van der Waals surface area contributed by atoms with Gasteiger partial charge in [-0.3, -0.25) is 14.4 Å². The molecule has 0 saturated heterocycles. The van der Waals surface area contributed by atoms with Crippen molar-refractivity contribution in [1.82, 2.24) is 0 Å². The number of fused-ring (bicyclic) bond motifs is 1. The van der Waals surface area contributed by atoms with E-state index in [2.05, 4.69) is 0 Å². The Labute approximate surface area is 236 Å². The topological polar surface area (TPSA) is 119 Å². The summed E-state index contributed by atoms with van der Waals surface area (Å²) in [5, 5.41) is 20.5. The molecular weight excluding hydrogens is 512 g/mol. The summed E-state index contributed by atoms with van der Waals surface area (Å²) in [6.07, 6.45) is 3.16. The zero-order chi connectivity index (χ0) is 29.4. The molecule has 0 aromatic heterocycles. The van der Waals surface area contributed by atoms with E-state index in [1.54, 1.807) is 18.2 Å². The van der Waals surface area contributed by atoms with Crippen LogP contribution in [0.1, 0.15) is 105 Å². The lowest BCUT2D eigenvalue weighted by molar-refractivity contribution is -0.125. The van der Waals surface area contributed by atoms with Gasteiger partial charge < -0.3 is 24.4 Å². The Bertz CT molecular complexity index is 1230. The SMILES string of the molecule is CCCc1c(OCCCOc2ccc3c(c2CCC)OC(C)(CCC(O)C(C)=O)CC3=O)ccc(C(C)=O)c1O. The van der Waals surface area contributed by atoms with Gasteiger partial charge in [-0.1, -0.05) is 26.7 Å². The molecule has 0 spiro atoms. The fourth-order valence-electron chi connectivity index (χ4n) is 5.02. The summed E-state index contributed by atoms with van der Waals surface area (Å²) in [7, 11) is 0. The summed E-state index contributed by atoms with van der Waals surface area (Å²) in [6, 6.07) is 6.86. The molecule has 0 aliphatic carbocycles. The number of hydrogen-bond acceptors (Lipinski definition) is 8. The van der Waals surface area contributed by atoms with Gasteiger partial charge in [-0.05, 0) is 70.7 Å². The van der Waals surface area contributed by atoms with Crippen LogP contribution in [0.2, 0.25) is 0 Å². The molecule has 2 aromatic carbocycles. The van der Waals surface area contributed by atoms with Gasteiger partial charge in [0.15, 0.2) is 17.3 Å². The Morgan fingerprint density at radius 1 is 1.00 bits per heavy atom. The predicted molar refractivity (Wildman–Crippen MR) is 152 cm³/mol. The standard InChI is InChI=1S/C32H42O8/c1-6-9-24-28(13-11-22(20(3)33)30(24)37)38-17-8-18-39-29-14-12-23-27(36)19-32(5,16-15-26(35)21(4)34)40-31(23)25(29)10-7-2/h11-14,26,35,37H,6-10,15-19H2,1-5H3. The Hall–Kier alpha value is -3.39. The Kier molecular flexibility index (Phi) is 10.7. The molecule has 2 unspecified atom stereocenters. The number of hydrogen-bond donors (Lipinski definition) is 2. The molecule has 40 heavy (non-hydrogen) atoms. The second-order valence-electron chi connectivity index (χ2n) is 10.8. The van der Waals surface area contributed by atoms with Gasteiger partial charge >= 0.3 is 0 Å². The van der Waals surface area contributed by atoms with E-state index in [1.807, 2.05) is 26.8 Å². The van der Waals surface area contributed by atoms with Crippen LogP contribution in [0.25, 0.3) is 0 Å². The third kappa shape index (κ3) is 7.42.